The Kier molecular flexibility index (Phi) is 3.71. The summed E-state index contributed by atoms with van der Waals surface area (Å²) in [5.74, 6) is 0.701. The molecule has 1 aliphatic heterocycles. The van der Waals surface area contributed by atoms with Gasteiger partial charge in [0, 0.05) is 25.0 Å². The molecule has 96 valence electrons. The van der Waals surface area contributed by atoms with Gasteiger partial charge in [-0.2, -0.15) is 5.53 Å². The summed E-state index contributed by atoms with van der Waals surface area (Å²) in [5, 5.41) is 5.30. The third-order valence-electron chi connectivity index (χ3n) is 2.38. The molecule has 1 aliphatic rings. The van der Waals surface area contributed by atoms with Crippen molar-refractivity contribution in [3.05, 3.63) is 34.3 Å². The van der Waals surface area contributed by atoms with E-state index in [1.54, 1.807) is 14.1 Å². The van der Waals surface area contributed by atoms with Crippen LogP contribution in [0.2, 0.25) is 0 Å². The fourth-order valence-electron chi connectivity index (χ4n) is 1.45. The largest absolute Gasteiger partial charge is 0.359 e. The minimum atomic E-state index is -0.204. The van der Waals surface area contributed by atoms with Crippen LogP contribution in [-0.4, -0.2) is 36.0 Å². The van der Waals surface area contributed by atoms with Crippen LogP contribution in [0, 0.1) is 0 Å². The number of hydrazone groups is 1. The van der Waals surface area contributed by atoms with Crippen LogP contribution in [0.15, 0.2) is 33.8 Å². The molecule has 0 aromatic heterocycles. The van der Waals surface area contributed by atoms with Gasteiger partial charge in [-0.15, -0.1) is 10.2 Å². The second-order valence-electron chi connectivity index (χ2n) is 4.09. The van der Waals surface area contributed by atoms with Crippen LogP contribution in [-0.2, 0) is 6.42 Å². The monoisotopic (exact) mass is 311 g/mol. The topological polar surface area (TPSA) is 60.0 Å². The SMILES string of the molecule is CN(C)C(=O)N1NN=C(Cc2ccc(Br)cc2)N1. The molecule has 1 heterocycles. The Morgan fingerprint density at radius 2 is 2.06 bits per heavy atom. The lowest BCUT2D eigenvalue weighted by Gasteiger charge is -2.19. The number of carbonyl (C=O) groups is 1. The molecule has 2 rings (SSSR count). The average molecular weight is 312 g/mol. The average Bonchev–Trinajstić information content (AvgIpc) is 2.79. The van der Waals surface area contributed by atoms with Crippen molar-refractivity contribution in [3.63, 3.8) is 0 Å². The molecule has 0 radical (unpaired) electrons. The van der Waals surface area contributed by atoms with Crippen molar-refractivity contribution in [2.24, 2.45) is 5.10 Å². The highest BCUT2D eigenvalue weighted by Crippen LogP contribution is 2.11. The van der Waals surface area contributed by atoms with Crippen molar-refractivity contribution in [1.82, 2.24) is 21.0 Å². The van der Waals surface area contributed by atoms with E-state index >= 15 is 0 Å². The number of amides is 2. The minimum absolute atomic E-state index is 0.204. The summed E-state index contributed by atoms with van der Waals surface area (Å²) >= 11 is 3.39. The van der Waals surface area contributed by atoms with Crippen molar-refractivity contribution in [2.45, 2.75) is 6.42 Å². The summed E-state index contributed by atoms with van der Waals surface area (Å²) in [6, 6.07) is 7.75. The molecule has 6 nitrogen and oxygen atoms in total. The number of halogens is 1. The highest BCUT2D eigenvalue weighted by Gasteiger charge is 2.21. The second-order valence-corrected chi connectivity index (χ2v) is 5.00. The molecule has 1 aromatic rings. The maximum Gasteiger partial charge on any atom is 0.359 e. The van der Waals surface area contributed by atoms with Gasteiger partial charge in [-0.3, -0.25) is 5.43 Å². The number of nitrogens with zero attached hydrogens (tertiary/aromatic N) is 3. The summed E-state index contributed by atoms with van der Waals surface area (Å²) in [4.78, 5) is 13.1. The third-order valence-corrected chi connectivity index (χ3v) is 2.91. The number of rotatable bonds is 2. The third kappa shape index (κ3) is 2.92. The smallest absolute Gasteiger partial charge is 0.328 e. The Labute approximate surface area is 114 Å². The van der Waals surface area contributed by atoms with Crippen molar-refractivity contribution < 1.29 is 4.79 Å². The number of benzene rings is 1. The van der Waals surface area contributed by atoms with Crippen molar-refractivity contribution in [2.75, 3.05) is 14.1 Å². The van der Waals surface area contributed by atoms with E-state index in [9.17, 15) is 4.79 Å². The molecule has 0 bridgehead atoms. The zero-order chi connectivity index (χ0) is 13.1. The first kappa shape index (κ1) is 12.7. The van der Waals surface area contributed by atoms with E-state index in [0.29, 0.717) is 12.3 Å². The van der Waals surface area contributed by atoms with Gasteiger partial charge in [-0.25, -0.2) is 4.79 Å². The van der Waals surface area contributed by atoms with Gasteiger partial charge in [-0.1, -0.05) is 28.1 Å². The Balaban J connectivity index is 1.93. The van der Waals surface area contributed by atoms with E-state index in [-0.39, 0.29) is 6.03 Å². The minimum Gasteiger partial charge on any atom is -0.328 e. The Morgan fingerprint density at radius 1 is 1.39 bits per heavy atom. The van der Waals surface area contributed by atoms with Gasteiger partial charge < -0.3 is 4.90 Å². The van der Waals surface area contributed by atoms with Crippen LogP contribution in [0.1, 0.15) is 5.56 Å². The van der Waals surface area contributed by atoms with Gasteiger partial charge in [0.1, 0.15) is 5.84 Å². The first-order chi connectivity index (χ1) is 8.56. The summed E-state index contributed by atoms with van der Waals surface area (Å²) < 4.78 is 1.04. The van der Waals surface area contributed by atoms with Gasteiger partial charge >= 0.3 is 6.03 Å². The lowest BCUT2D eigenvalue weighted by atomic mass is 10.1. The molecule has 18 heavy (non-hydrogen) atoms. The molecular weight excluding hydrogens is 298 g/mol. The first-order valence-electron chi connectivity index (χ1n) is 5.41. The van der Waals surface area contributed by atoms with E-state index < -0.39 is 0 Å². The quantitative estimate of drug-likeness (QED) is 0.866. The Morgan fingerprint density at radius 3 is 2.67 bits per heavy atom. The highest BCUT2D eigenvalue weighted by atomic mass is 79.9. The molecule has 0 atom stereocenters. The molecule has 2 amide bonds. The number of hydrogen-bond acceptors (Lipinski definition) is 4. The molecule has 1 aromatic carbocycles. The molecule has 0 saturated heterocycles. The maximum atomic E-state index is 11.6. The molecule has 0 aliphatic carbocycles. The van der Waals surface area contributed by atoms with Crippen LogP contribution >= 0.6 is 15.9 Å². The molecular formula is C11H14BrN5O. The molecule has 2 N–H and O–H groups in total. The lowest BCUT2D eigenvalue weighted by molar-refractivity contribution is 0.140. The van der Waals surface area contributed by atoms with Crippen molar-refractivity contribution >= 4 is 27.8 Å². The van der Waals surface area contributed by atoms with Crippen LogP contribution in [0.5, 0.6) is 0 Å². The van der Waals surface area contributed by atoms with E-state index in [2.05, 4.69) is 32.0 Å². The number of hydrazine groups is 2. The van der Waals surface area contributed by atoms with Crippen LogP contribution in [0.4, 0.5) is 4.79 Å². The van der Waals surface area contributed by atoms with E-state index in [4.69, 9.17) is 0 Å². The summed E-state index contributed by atoms with van der Waals surface area (Å²) in [7, 11) is 3.36. The van der Waals surface area contributed by atoms with E-state index in [1.165, 1.54) is 10.0 Å². The fourth-order valence-corrected chi connectivity index (χ4v) is 1.72. The van der Waals surface area contributed by atoms with Crippen molar-refractivity contribution in [1.29, 1.82) is 0 Å². The van der Waals surface area contributed by atoms with Crippen molar-refractivity contribution in [3.8, 4) is 0 Å². The predicted molar refractivity (Wildman–Crippen MR) is 72.5 cm³/mol. The number of hydrogen-bond donors (Lipinski definition) is 2. The summed E-state index contributed by atoms with van der Waals surface area (Å²) in [6.07, 6.45) is 0.636. The number of urea groups is 1. The van der Waals surface area contributed by atoms with Gasteiger partial charge in [0.2, 0.25) is 0 Å². The molecule has 0 unspecified atom stereocenters. The Hall–Kier alpha value is -1.76. The second kappa shape index (κ2) is 5.26. The number of carbonyl (C=O) groups excluding carboxylic acids is 1. The molecule has 0 saturated carbocycles. The first-order valence-corrected chi connectivity index (χ1v) is 6.20. The summed E-state index contributed by atoms with van der Waals surface area (Å²) in [5.41, 5.74) is 6.65. The van der Waals surface area contributed by atoms with Crippen LogP contribution in [0.25, 0.3) is 0 Å². The Bertz CT molecular complexity index is 471. The highest BCUT2D eigenvalue weighted by molar-refractivity contribution is 9.10. The summed E-state index contributed by atoms with van der Waals surface area (Å²) in [6.45, 7) is 0. The normalized spacial score (nSPS) is 13.7. The molecule has 0 fully saturated rings. The van der Waals surface area contributed by atoms with Crippen LogP contribution in [0.3, 0.4) is 0 Å². The van der Waals surface area contributed by atoms with Crippen LogP contribution < -0.4 is 11.0 Å². The fraction of sp³-hybridized carbons (Fsp3) is 0.273. The molecule has 7 heteroatoms. The van der Waals surface area contributed by atoms with Gasteiger partial charge in [0.05, 0.1) is 0 Å². The lowest BCUT2D eigenvalue weighted by Crippen LogP contribution is -2.50. The zero-order valence-corrected chi connectivity index (χ0v) is 11.7. The van der Waals surface area contributed by atoms with Gasteiger partial charge in [-0.05, 0) is 17.7 Å². The predicted octanol–water partition coefficient (Wildman–Crippen LogP) is 1.31. The van der Waals surface area contributed by atoms with Gasteiger partial charge in [0.25, 0.3) is 0 Å². The zero-order valence-electron chi connectivity index (χ0n) is 10.1. The number of nitrogens with one attached hydrogen (secondary N) is 2. The number of amidine groups is 1. The molecule has 0 spiro atoms. The van der Waals surface area contributed by atoms with E-state index in [1.807, 2.05) is 24.3 Å². The standard InChI is InChI=1S/C11H14BrN5O/c1-16(2)11(18)17-14-10(13-15-17)7-8-3-5-9(12)6-4-8/h3-6,15H,7H2,1-2H3,(H,13,14). The van der Waals surface area contributed by atoms with E-state index in [0.717, 1.165) is 10.0 Å². The maximum absolute atomic E-state index is 11.6. The van der Waals surface area contributed by atoms with Gasteiger partial charge in [0.15, 0.2) is 0 Å².